The summed E-state index contributed by atoms with van der Waals surface area (Å²) >= 11 is 0. The Morgan fingerprint density at radius 2 is 1.75 bits per heavy atom. The molecule has 9 heteroatoms. The summed E-state index contributed by atoms with van der Waals surface area (Å²) in [5, 5.41) is 2.87. The average Bonchev–Trinajstić information content (AvgIpc) is 2.83. The molecule has 1 aliphatic heterocycles. The van der Waals surface area contributed by atoms with Crippen molar-refractivity contribution in [2.45, 2.75) is 44.4 Å². The molecule has 2 heterocycles. The Hall–Kier alpha value is -2.78. The van der Waals surface area contributed by atoms with Crippen LogP contribution < -0.4 is 5.32 Å². The smallest absolute Gasteiger partial charge is 0.309 e. The van der Waals surface area contributed by atoms with Crippen LogP contribution in [0.4, 0.5) is 5.69 Å². The molecule has 1 N–H and O–H groups in total. The molecule has 8 nitrogen and oxygen atoms in total. The maximum absolute atomic E-state index is 12.7. The maximum atomic E-state index is 12.7. The van der Waals surface area contributed by atoms with Crippen molar-refractivity contribution in [1.29, 1.82) is 0 Å². The van der Waals surface area contributed by atoms with Crippen molar-refractivity contribution in [3.8, 4) is 0 Å². The zero-order chi connectivity index (χ0) is 23.1. The number of sulfonamides is 1. The van der Waals surface area contributed by atoms with Crippen LogP contribution in [0.2, 0.25) is 0 Å². The van der Waals surface area contributed by atoms with Gasteiger partial charge >= 0.3 is 5.97 Å². The van der Waals surface area contributed by atoms with E-state index in [0.717, 1.165) is 29.7 Å². The molecule has 0 aliphatic carbocycles. The van der Waals surface area contributed by atoms with Gasteiger partial charge in [-0.15, -0.1) is 0 Å². The van der Waals surface area contributed by atoms with E-state index in [1.807, 2.05) is 32.0 Å². The number of benzene rings is 1. The summed E-state index contributed by atoms with van der Waals surface area (Å²) in [5.41, 5.74) is 2.85. The first-order valence-electron chi connectivity index (χ1n) is 10.8. The number of carbonyl (C=O) groups excluding carboxylic acids is 2. The molecule has 0 bridgehead atoms. The van der Waals surface area contributed by atoms with E-state index in [0.29, 0.717) is 12.8 Å². The number of esters is 1. The van der Waals surface area contributed by atoms with E-state index in [1.54, 1.807) is 6.07 Å². The highest BCUT2D eigenvalue weighted by Crippen LogP contribution is 2.25. The molecule has 32 heavy (non-hydrogen) atoms. The molecule has 1 amide bonds. The van der Waals surface area contributed by atoms with E-state index in [-0.39, 0.29) is 30.5 Å². The third-order valence-corrected chi connectivity index (χ3v) is 7.55. The Morgan fingerprint density at radius 1 is 1.09 bits per heavy atom. The van der Waals surface area contributed by atoms with E-state index >= 15 is 0 Å². The monoisotopic (exact) mass is 459 g/mol. The van der Waals surface area contributed by atoms with Crippen LogP contribution in [0.5, 0.6) is 0 Å². The predicted molar refractivity (Wildman–Crippen MR) is 121 cm³/mol. The molecule has 1 aliphatic rings. The Balaban J connectivity index is 1.51. The lowest BCUT2D eigenvalue weighted by Gasteiger charge is -2.30. The van der Waals surface area contributed by atoms with Crippen molar-refractivity contribution in [2.24, 2.45) is 5.92 Å². The number of anilines is 1. The number of rotatable bonds is 8. The number of aryl methyl sites for hydroxylation is 2. The first kappa shape index (κ1) is 23.9. The number of nitrogens with one attached hydrogen (secondary N) is 1. The van der Waals surface area contributed by atoms with Gasteiger partial charge < -0.3 is 10.1 Å². The number of carbonyl (C=O) groups is 2. The molecular weight excluding hydrogens is 430 g/mol. The van der Waals surface area contributed by atoms with Crippen LogP contribution in [0.3, 0.4) is 0 Å². The Bertz CT molecular complexity index is 1030. The van der Waals surface area contributed by atoms with Gasteiger partial charge in [0.25, 0.3) is 5.91 Å². The zero-order valence-corrected chi connectivity index (χ0v) is 19.2. The van der Waals surface area contributed by atoms with Gasteiger partial charge in [-0.1, -0.05) is 32.0 Å². The van der Waals surface area contributed by atoms with E-state index in [1.165, 1.54) is 22.8 Å². The van der Waals surface area contributed by atoms with Crippen LogP contribution in [0, 0.1) is 5.92 Å². The fourth-order valence-corrected chi connectivity index (χ4v) is 5.25. The molecule has 3 rings (SSSR count). The Labute approximate surface area is 189 Å². The van der Waals surface area contributed by atoms with Gasteiger partial charge in [-0.05, 0) is 48.9 Å². The minimum Gasteiger partial charge on any atom is -0.455 e. The van der Waals surface area contributed by atoms with E-state index in [9.17, 15) is 18.0 Å². The molecule has 2 aromatic rings. The standard InChI is InChI=1S/C23H29N3O5S/c1-3-17-7-5-8-18(4-2)22(17)25-21(27)16-31-23(28)19-10-13-26(14-11-19)32(29,30)20-9-6-12-24-15-20/h5-9,12,15,19H,3-4,10-11,13-14,16H2,1-2H3,(H,25,27). The summed E-state index contributed by atoms with van der Waals surface area (Å²) < 4.78 is 31.9. The first-order valence-corrected chi connectivity index (χ1v) is 12.3. The SMILES string of the molecule is CCc1cccc(CC)c1NC(=O)COC(=O)C1CCN(S(=O)(=O)c2cccnc2)CC1. The van der Waals surface area contributed by atoms with Crippen LogP contribution in [0.1, 0.15) is 37.8 Å². The summed E-state index contributed by atoms with van der Waals surface area (Å²) in [6.07, 6.45) is 5.08. The quantitative estimate of drug-likeness (QED) is 0.609. The highest BCUT2D eigenvalue weighted by atomic mass is 32.2. The fraction of sp³-hybridized carbons (Fsp3) is 0.435. The second-order valence-electron chi connectivity index (χ2n) is 7.68. The lowest BCUT2D eigenvalue weighted by atomic mass is 9.98. The van der Waals surface area contributed by atoms with Crippen LogP contribution in [-0.2, 0) is 37.2 Å². The summed E-state index contributed by atoms with van der Waals surface area (Å²) in [4.78, 5) is 28.8. The maximum Gasteiger partial charge on any atom is 0.309 e. The molecule has 1 fully saturated rings. The van der Waals surface area contributed by atoms with E-state index in [4.69, 9.17) is 4.74 Å². The molecule has 1 saturated heterocycles. The number of hydrogen-bond acceptors (Lipinski definition) is 6. The molecule has 1 aromatic carbocycles. The minimum atomic E-state index is -3.63. The van der Waals surface area contributed by atoms with Gasteiger partial charge in [-0.2, -0.15) is 4.31 Å². The van der Waals surface area contributed by atoms with Gasteiger partial charge in [-0.25, -0.2) is 8.42 Å². The Morgan fingerprint density at radius 3 is 2.31 bits per heavy atom. The zero-order valence-electron chi connectivity index (χ0n) is 18.4. The largest absolute Gasteiger partial charge is 0.455 e. The molecule has 0 saturated carbocycles. The van der Waals surface area contributed by atoms with Gasteiger partial charge in [0.05, 0.1) is 5.92 Å². The summed E-state index contributed by atoms with van der Waals surface area (Å²) in [7, 11) is -3.63. The highest BCUT2D eigenvalue weighted by Gasteiger charge is 2.33. The third-order valence-electron chi connectivity index (χ3n) is 5.67. The van der Waals surface area contributed by atoms with Gasteiger partial charge in [0.2, 0.25) is 10.0 Å². The van der Waals surface area contributed by atoms with Crippen LogP contribution >= 0.6 is 0 Å². The number of pyridine rings is 1. The molecular formula is C23H29N3O5S. The van der Waals surface area contributed by atoms with Gasteiger partial charge in [-0.3, -0.25) is 14.6 Å². The summed E-state index contributed by atoms with van der Waals surface area (Å²) in [5.74, 6) is -1.29. The van der Waals surface area contributed by atoms with Gasteiger partial charge in [0.15, 0.2) is 6.61 Å². The number of ether oxygens (including phenoxy) is 1. The van der Waals surface area contributed by atoms with Crippen molar-refractivity contribution < 1.29 is 22.7 Å². The first-order chi connectivity index (χ1) is 15.4. The molecule has 1 aromatic heterocycles. The van der Waals surface area contributed by atoms with Crippen molar-refractivity contribution in [3.05, 3.63) is 53.9 Å². The highest BCUT2D eigenvalue weighted by molar-refractivity contribution is 7.89. The minimum absolute atomic E-state index is 0.136. The number of aromatic nitrogens is 1. The second kappa shape index (κ2) is 10.7. The van der Waals surface area contributed by atoms with Gasteiger partial charge in [0.1, 0.15) is 4.90 Å². The molecule has 0 spiro atoms. The fourth-order valence-electron chi connectivity index (χ4n) is 3.81. The predicted octanol–water partition coefficient (Wildman–Crippen LogP) is 2.79. The van der Waals surface area contributed by atoms with Gasteiger partial charge in [0, 0.05) is 31.2 Å². The second-order valence-corrected chi connectivity index (χ2v) is 9.62. The lowest BCUT2D eigenvalue weighted by Crippen LogP contribution is -2.41. The summed E-state index contributed by atoms with van der Waals surface area (Å²) in [6.45, 7) is 4.10. The summed E-state index contributed by atoms with van der Waals surface area (Å²) in [6, 6.07) is 8.98. The van der Waals surface area contributed by atoms with E-state index in [2.05, 4.69) is 10.3 Å². The molecule has 0 atom stereocenters. The number of amides is 1. The number of hydrogen-bond donors (Lipinski definition) is 1. The molecule has 172 valence electrons. The van der Waals surface area contributed by atoms with Crippen molar-refractivity contribution in [1.82, 2.24) is 9.29 Å². The Kier molecular flexibility index (Phi) is 7.98. The van der Waals surface area contributed by atoms with E-state index < -0.39 is 21.9 Å². The average molecular weight is 460 g/mol. The lowest BCUT2D eigenvalue weighted by molar-refractivity contribution is -0.152. The number of piperidine rings is 1. The normalized spacial score (nSPS) is 15.3. The van der Waals surface area contributed by atoms with Crippen LogP contribution in [0.15, 0.2) is 47.6 Å². The molecule has 0 radical (unpaired) electrons. The third kappa shape index (κ3) is 5.52. The number of para-hydroxylation sites is 1. The van der Waals surface area contributed by atoms with Crippen molar-refractivity contribution >= 4 is 27.6 Å². The number of nitrogens with zero attached hydrogens (tertiary/aromatic N) is 2. The topological polar surface area (TPSA) is 106 Å². The van der Waals surface area contributed by atoms with Crippen LogP contribution in [-0.4, -0.2) is 49.3 Å². The van der Waals surface area contributed by atoms with Crippen molar-refractivity contribution in [2.75, 3.05) is 25.0 Å². The van der Waals surface area contributed by atoms with Crippen molar-refractivity contribution in [3.63, 3.8) is 0 Å². The molecule has 0 unspecified atom stereocenters. The van der Waals surface area contributed by atoms with Crippen LogP contribution in [0.25, 0.3) is 0 Å².